The van der Waals surface area contributed by atoms with Crippen LogP contribution >= 0.6 is 0 Å². The van der Waals surface area contributed by atoms with Crippen molar-refractivity contribution in [3.8, 4) is 17.2 Å². The van der Waals surface area contributed by atoms with Gasteiger partial charge in [-0.25, -0.2) is 0 Å². The van der Waals surface area contributed by atoms with Crippen molar-refractivity contribution in [2.45, 2.75) is 31.0 Å². The number of Topliss-reactive ketones (excluding diaryl/α,β-unsaturated/α-hetero) is 4. The molecule has 5 rings (SSSR count). The highest BCUT2D eigenvalue weighted by molar-refractivity contribution is 6.32. The highest BCUT2D eigenvalue weighted by Gasteiger charge is 2.69. The largest absolute Gasteiger partial charge is 0.505 e. The van der Waals surface area contributed by atoms with Crippen molar-refractivity contribution >= 4 is 40.4 Å². The Bertz CT molecular complexity index is 1590. The van der Waals surface area contributed by atoms with E-state index >= 15 is 0 Å². The zero-order chi connectivity index (χ0) is 31.7. The molecule has 2 fully saturated rings. The summed E-state index contributed by atoms with van der Waals surface area (Å²) in [5.74, 6) is -11.8. The first-order valence-corrected chi connectivity index (χ1v) is 13.8. The molecule has 13 nitrogen and oxygen atoms in total. The summed E-state index contributed by atoms with van der Waals surface area (Å²) in [6, 6.07) is 4.68. The standard InChI is InChI=1S/C30H34N4O9/c1-33(2)17-10-16(32-11-12-5-6-18(35)19(36)7-12)24(37)21-14(17)8-13-9-15-23(34(3)4)26(39)22(29(31)42)28(41)30(15,43)27(40)20(13)25(21)38/h5-7,10,13,15,20,22-23,32,35-37,43H,8-9,11H2,1-4H3,(H2,31,42)/t13-,15-,20?,22?,23-,30-/m0/s1. The van der Waals surface area contributed by atoms with Gasteiger partial charge in [0, 0.05) is 32.2 Å². The molecule has 6 atom stereocenters. The van der Waals surface area contributed by atoms with Crippen LogP contribution in [0.15, 0.2) is 24.3 Å². The lowest BCUT2D eigenvalue weighted by molar-refractivity contribution is -0.181. The third-order valence-electron chi connectivity index (χ3n) is 9.04. The van der Waals surface area contributed by atoms with Crippen molar-refractivity contribution in [1.82, 2.24) is 4.90 Å². The van der Waals surface area contributed by atoms with Gasteiger partial charge in [-0.15, -0.1) is 0 Å². The number of fused-ring (bicyclic) bond motifs is 3. The third-order valence-corrected chi connectivity index (χ3v) is 9.04. The minimum Gasteiger partial charge on any atom is -0.505 e. The average molecular weight is 595 g/mol. The molecule has 0 spiro atoms. The SMILES string of the molecule is CN(C)c1cc(NCc2ccc(O)c(O)c2)c(O)c2c1C[C@H]1C[C@H]3[C@H](N(C)C)C(=O)C(C(N)=O)C(=O)[C@@]3(O)C(=O)C1C2=O. The van der Waals surface area contributed by atoms with Gasteiger partial charge in [0.05, 0.1) is 23.2 Å². The first kappa shape index (κ1) is 30.0. The summed E-state index contributed by atoms with van der Waals surface area (Å²) in [4.78, 5) is 70.2. The van der Waals surface area contributed by atoms with Gasteiger partial charge >= 0.3 is 0 Å². The molecule has 2 aromatic rings. The number of aromatic hydroxyl groups is 3. The Morgan fingerprint density at radius 2 is 1.70 bits per heavy atom. The fraction of sp³-hybridized carbons (Fsp3) is 0.433. The molecular formula is C30H34N4O9. The van der Waals surface area contributed by atoms with E-state index in [4.69, 9.17) is 5.73 Å². The van der Waals surface area contributed by atoms with Gasteiger partial charge in [-0.2, -0.15) is 0 Å². The number of phenols is 3. The second-order valence-corrected chi connectivity index (χ2v) is 12.0. The number of hydrogen-bond acceptors (Lipinski definition) is 12. The predicted molar refractivity (Wildman–Crippen MR) is 153 cm³/mol. The van der Waals surface area contributed by atoms with Crippen molar-refractivity contribution in [3.63, 3.8) is 0 Å². The highest BCUT2D eigenvalue weighted by Crippen LogP contribution is 2.52. The van der Waals surface area contributed by atoms with E-state index in [1.54, 1.807) is 31.1 Å². The number of carbonyl (C=O) groups is 5. The van der Waals surface area contributed by atoms with Gasteiger partial charge in [-0.1, -0.05) is 6.07 Å². The van der Waals surface area contributed by atoms with Crippen LogP contribution in [0.4, 0.5) is 11.4 Å². The first-order chi connectivity index (χ1) is 20.1. The monoisotopic (exact) mass is 594 g/mol. The molecule has 0 heterocycles. The van der Waals surface area contributed by atoms with Gasteiger partial charge in [0.1, 0.15) is 5.75 Å². The normalized spacial score (nSPS) is 28.3. The Hall–Kier alpha value is -4.49. The minimum absolute atomic E-state index is 0.0398. The number of nitrogens with two attached hydrogens (primary N) is 1. The van der Waals surface area contributed by atoms with Crippen molar-refractivity contribution in [3.05, 3.63) is 41.0 Å². The predicted octanol–water partition coefficient (Wildman–Crippen LogP) is -0.0437. The van der Waals surface area contributed by atoms with E-state index in [1.807, 2.05) is 0 Å². The van der Waals surface area contributed by atoms with Crippen LogP contribution in [-0.2, 0) is 32.1 Å². The van der Waals surface area contributed by atoms with Gasteiger partial charge in [0.2, 0.25) is 5.91 Å². The molecule has 0 bridgehead atoms. The van der Waals surface area contributed by atoms with E-state index in [-0.39, 0.29) is 42.1 Å². The molecule has 2 aromatic carbocycles. The number of likely N-dealkylation sites (N-methyl/N-ethyl adjacent to an activating group) is 1. The molecule has 228 valence electrons. The molecule has 7 N–H and O–H groups in total. The van der Waals surface area contributed by atoms with Crippen molar-refractivity contribution in [1.29, 1.82) is 0 Å². The number of ketones is 4. The zero-order valence-electron chi connectivity index (χ0n) is 24.1. The number of primary amides is 1. The third kappa shape index (κ3) is 4.41. The summed E-state index contributed by atoms with van der Waals surface area (Å²) in [6.45, 7) is 0.0939. The topological polar surface area (TPSA) is 211 Å². The lowest BCUT2D eigenvalue weighted by atomic mass is 9.52. The number of carbonyl (C=O) groups excluding carboxylic acids is 5. The van der Waals surface area contributed by atoms with Crippen LogP contribution < -0.4 is 16.0 Å². The summed E-state index contributed by atoms with van der Waals surface area (Å²) in [7, 11) is 6.57. The summed E-state index contributed by atoms with van der Waals surface area (Å²) >= 11 is 0. The van der Waals surface area contributed by atoms with E-state index in [0.717, 1.165) is 0 Å². The van der Waals surface area contributed by atoms with Crippen molar-refractivity contribution < 1.29 is 44.4 Å². The lowest BCUT2D eigenvalue weighted by Crippen LogP contribution is -2.74. The van der Waals surface area contributed by atoms with E-state index < -0.39 is 70.1 Å². The van der Waals surface area contributed by atoms with E-state index in [2.05, 4.69) is 5.32 Å². The Kier molecular flexibility index (Phi) is 7.22. The summed E-state index contributed by atoms with van der Waals surface area (Å²) < 4.78 is 0. The minimum atomic E-state index is -2.80. The second-order valence-electron chi connectivity index (χ2n) is 12.0. The fourth-order valence-electron chi connectivity index (χ4n) is 7.06. The molecule has 3 aliphatic carbocycles. The lowest BCUT2D eigenvalue weighted by Gasteiger charge is -2.52. The summed E-state index contributed by atoms with van der Waals surface area (Å²) in [5, 5.41) is 45.5. The van der Waals surface area contributed by atoms with Crippen LogP contribution in [0.25, 0.3) is 0 Å². The zero-order valence-corrected chi connectivity index (χ0v) is 24.1. The number of amides is 1. The van der Waals surface area contributed by atoms with Crippen LogP contribution in [-0.4, -0.2) is 94.2 Å². The molecule has 3 aliphatic rings. The number of benzene rings is 2. The van der Waals surface area contributed by atoms with Crippen LogP contribution in [0.3, 0.4) is 0 Å². The maximum absolute atomic E-state index is 14.1. The molecule has 0 aliphatic heterocycles. The van der Waals surface area contributed by atoms with Gasteiger partial charge < -0.3 is 36.4 Å². The fourth-order valence-corrected chi connectivity index (χ4v) is 7.06. The number of nitrogens with zero attached hydrogens (tertiary/aromatic N) is 2. The molecule has 1 amide bonds. The molecule has 43 heavy (non-hydrogen) atoms. The van der Waals surface area contributed by atoms with Gasteiger partial charge in [0.15, 0.2) is 46.2 Å². The number of aliphatic hydroxyl groups is 1. The molecule has 2 saturated carbocycles. The van der Waals surface area contributed by atoms with Gasteiger partial charge in [0.25, 0.3) is 0 Å². The number of rotatable bonds is 6. The Morgan fingerprint density at radius 3 is 2.28 bits per heavy atom. The summed E-state index contributed by atoms with van der Waals surface area (Å²) in [5.41, 5.74) is 4.21. The molecule has 0 aromatic heterocycles. The Balaban J connectivity index is 1.59. The smallest absolute Gasteiger partial charge is 0.235 e. The Labute approximate surface area is 246 Å². The molecule has 0 radical (unpaired) electrons. The number of phenolic OH excluding ortho intramolecular Hbond substituents is 3. The van der Waals surface area contributed by atoms with E-state index in [9.17, 15) is 44.4 Å². The van der Waals surface area contributed by atoms with Crippen molar-refractivity contribution in [2.75, 3.05) is 38.4 Å². The number of hydrogen-bond donors (Lipinski definition) is 6. The number of nitrogens with one attached hydrogen (secondary N) is 1. The quantitative estimate of drug-likeness (QED) is 0.192. The molecular weight excluding hydrogens is 560 g/mol. The van der Waals surface area contributed by atoms with Gasteiger partial charge in [-0.05, 0) is 62.2 Å². The van der Waals surface area contributed by atoms with Gasteiger partial charge in [-0.3, -0.25) is 28.9 Å². The van der Waals surface area contributed by atoms with Crippen LogP contribution in [0.5, 0.6) is 17.2 Å². The number of anilines is 2. The highest BCUT2D eigenvalue weighted by atomic mass is 16.3. The molecule has 0 saturated heterocycles. The average Bonchev–Trinajstić information content (AvgIpc) is 2.91. The maximum atomic E-state index is 14.1. The van der Waals surface area contributed by atoms with E-state index in [0.29, 0.717) is 16.8 Å². The van der Waals surface area contributed by atoms with Crippen LogP contribution in [0.1, 0.15) is 27.9 Å². The maximum Gasteiger partial charge on any atom is 0.235 e. The molecule has 13 heteroatoms. The first-order valence-electron chi connectivity index (χ1n) is 13.8. The second kappa shape index (κ2) is 10.3. The molecule has 2 unspecified atom stereocenters. The van der Waals surface area contributed by atoms with Crippen molar-refractivity contribution in [2.24, 2.45) is 29.4 Å². The summed E-state index contributed by atoms with van der Waals surface area (Å²) in [6.07, 6.45) is 0.0981. The van der Waals surface area contributed by atoms with Crippen LogP contribution in [0.2, 0.25) is 0 Å². The van der Waals surface area contributed by atoms with Crippen LogP contribution in [0, 0.1) is 23.7 Å². The Morgan fingerprint density at radius 1 is 1.02 bits per heavy atom. The van der Waals surface area contributed by atoms with E-state index in [1.165, 1.54) is 31.1 Å².